The first-order valence-electron chi connectivity index (χ1n) is 11.6. The van der Waals surface area contributed by atoms with Crippen molar-refractivity contribution in [3.05, 3.63) is 60.4 Å². The van der Waals surface area contributed by atoms with E-state index in [9.17, 15) is 8.78 Å². The smallest absolute Gasteiger partial charge is 0.248 e. The number of rotatable bonds is 8. The largest absolute Gasteiger partial charge is 0.312 e. The van der Waals surface area contributed by atoms with Gasteiger partial charge in [-0.2, -0.15) is 5.11 Å². The van der Waals surface area contributed by atoms with E-state index in [1.54, 1.807) is 17.1 Å². The molecule has 1 aliphatic carbocycles. The van der Waals surface area contributed by atoms with Crippen LogP contribution in [0.3, 0.4) is 0 Å². The predicted octanol–water partition coefficient (Wildman–Crippen LogP) is 3.36. The molecule has 1 N–H and O–H groups in total. The molecule has 2 aliphatic rings. The molecule has 0 aromatic carbocycles. The maximum atomic E-state index is 13.0. The van der Waals surface area contributed by atoms with Gasteiger partial charge in [0.2, 0.25) is 5.92 Å². The lowest BCUT2D eigenvalue weighted by atomic mass is 9.81. The Labute approximate surface area is 199 Å². The molecular weight excluding hydrogens is 454 g/mol. The number of aromatic nitrogens is 6. The van der Waals surface area contributed by atoms with Crippen LogP contribution in [0.5, 0.6) is 0 Å². The lowest BCUT2D eigenvalue weighted by molar-refractivity contribution is -0.109. The van der Waals surface area contributed by atoms with Gasteiger partial charge in [-0.3, -0.25) is 4.98 Å². The molecule has 0 spiro atoms. The topological polar surface area (TPSA) is 101 Å². The number of hydrogen-bond donors (Lipinski definition) is 1. The summed E-state index contributed by atoms with van der Waals surface area (Å²) in [7, 11) is 0. The van der Waals surface area contributed by atoms with Crippen LogP contribution in [-0.2, 0) is 13.1 Å². The number of hydrogen-bond acceptors (Lipinski definition) is 8. The first-order valence-corrected chi connectivity index (χ1v) is 11.6. The maximum Gasteiger partial charge on any atom is 0.248 e. The van der Waals surface area contributed by atoms with E-state index in [4.69, 9.17) is 0 Å². The number of nitrogens with zero attached hydrogens (tertiary/aromatic N) is 9. The van der Waals surface area contributed by atoms with Crippen LogP contribution >= 0.6 is 0 Å². The summed E-state index contributed by atoms with van der Waals surface area (Å²) in [6, 6.07) is 5.93. The van der Waals surface area contributed by atoms with E-state index in [1.807, 2.05) is 46.2 Å². The van der Waals surface area contributed by atoms with Crippen molar-refractivity contribution in [3.63, 3.8) is 0 Å². The number of halogens is 2. The van der Waals surface area contributed by atoms with E-state index in [0.717, 1.165) is 40.4 Å². The highest BCUT2D eigenvalue weighted by molar-refractivity contribution is 5.63. The number of pyridine rings is 2. The summed E-state index contributed by atoms with van der Waals surface area (Å²) in [6.07, 6.45) is 9.32. The van der Waals surface area contributed by atoms with Gasteiger partial charge >= 0.3 is 0 Å². The van der Waals surface area contributed by atoms with Crippen molar-refractivity contribution in [1.82, 2.24) is 34.7 Å². The van der Waals surface area contributed by atoms with Crippen molar-refractivity contribution in [2.75, 3.05) is 24.6 Å². The number of fused-ring (bicyclic) bond motifs is 1. The minimum atomic E-state index is -2.47. The lowest BCUT2D eigenvalue weighted by Gasteiger charge is -2.35. The average molecular weight is 479 g/mol. The monoisotopic (exact) mass is 478 g/mol. The zero-order chi connectivity index (χ0) is 23.8. The van der Waals surface area contributed by atoms with Gasteiger partial charge in [0.15, 0.2) is 0 Å². The summed E-state index contributed by atoms with van der Waals surface area (Å²) < 4.78 is 29.7. The van der Waals surface area contributed by atoms with Gasteiger partial charge in [-0.25, -0.2) is 23.5 Å². The molecule has 0 saturated heterocycles. The van der Waals surface area contributed by atoms with Crippen LogP contribution in [0.2, 0.25) is 0 Å². The highest BCUT2D eigenvalue weighted by Gasteiger charge is 2.44. The summed E-state index contributed by atoms with van der Waals surface area (Å²) in [6.45, 7) is 3.13. The van der Waals surface area contributed by atoms with Gasteiger partial charge in [0.25, 0.3) is 0 Å². The minimum Gasteiger partial charge on any atom is -0.312 e. The second-order valence-electron chi connectivity index (χ2n) is 9.11. The van der Waals surface area contributed by atoms with Gasteiger partial charge in [-0.1, -0.05) is 16.5 Å². The molecule has 1 saturated carbocycles. The fourth-order valence-corrected chi connectivity index (χ4v) is 4.49. The quantitative estimate of drug-likeness (QED) is 0.417. The van der Waals surface area contributed by atoms with E-state index in [0.29, 0.717) is 26.2 Å². The van der Waals surface area contributed by atoms with Gasteiger partial charge in [0.1, 0.15) is 11.3 Å². The molecule has 35 heavy (non-hydrogen) atoms. The molecule has 180 valence electrons. The molecule has 10 nitrogen and oxygen atoms in total. The molecular formula is C23H24F2N10. The second-order valence-corrected chi connectivity index (χ2v) is 9.11. The Morgan fingerprint density at radius 3 is 2.86 bits per heavy atom. The summed E-state index contributed by atoms with van der Waals surface area (Å²) in [5, 5.41) is 21.8. The van der Waals surface area contributed by atoms with Gasteiger partial charge in [0.05, 0.1) is 43.4 Å². The zero-order valence-electron chi connectivity index (χ0n) is 18.9. The second kappa shape index (κ2) is 8.77. The normalized spacial score (nSPS) is 17.4. The van der Waals surface area contributed by atoms with Gasteiger partial charge < -0.3 is 9.72 Å². The van der Waals surface area contributed by atoms with Crippen molar-refractivity contribution in [2.45, 2.75) is 31.9 Å². The van der Waals surface area contributed by atoms with Gasteiger partial charge in [-0.15, -0.1) is 5.10 Å². The van der Waals surface area contributed by atoms with Crippen LogP contribution in [0, 0.1) is 5.92 Å². The van der Waals surface area contributed by atoms with Crippen molar-refractivity contribution >= 4 is 11.3 Å². The van der Waals surface area contributed by atoms with Crippen LogP contribution in [-0.4, -0.2) is 54.9 Å². The van der Waals surface area contributed by atoms with Crippen molar-refractivity contribution < 1.29 is 8.78 Å². The van der Waals surface area contributed by atoms with E-state index >= 15 is 0 Å². The summed E-state index contributed by atoms with van der Waals surface area (Å²) in [4.78, 5) is 8.98. The van der Waals surface area contributed by atoms with E-state index in [-0.39, 0.29) is 18.8 Å². The molecule has 1 fully saturated rings. The molecule has 5 heterocycles. The number of anilines is 1. The van der Waals surface area contributed by atoms with Crippen LogP contribution < -0.4 is 10.3 Å². The van der Waals surface area contributed by atoms with Crippen LogP contribution in [0.1, 0.15) is 24.1 Å². The highest BCUT2D eigenvalue weighted by Crippen LogP contribution is 2.41. The Bertz CT molecular complexity index is 1370. The van der Waals surface area contributed by atoms with Crippen LogP contribution in [0.4, 0.5) is 14.5 Å². The van der Waals surface area contributed by atoms with Crippen LogP contribution in [0.25, 0.3) is 16.9 Å². The molecule has 0 radical (unpaired) electrons. The summed E-state index contributed by atoms with van der Waals surface area (Å²) in [5.41, 5.74) is 5.20. The van der Waals surface area contributed by atoms with Gasteiger partial charge in [0, 0.05) is 43.5 Å². The molecule has 0 amide bonds. The molecule has 4 aromatic heterocycles. The first kappa shape index (κ1) is 21.7. The Kier molecular flexibility index (Phi) is 5.44. The van der Waals surface area contributed by atoms with Crippen LogP contribution in [0.15, 0.2) is 59.5 Å². The molecule has 12 heteroatoms. The lowest BCUT2D eigenvalue weighted by Crippen LogP contribution is -2.40. The average Bonchev–Trinajstić information content (AvgIpc) is 3.59. The highest BCUT2D eigenvalue weighted by atomic mass is 19.3. The summed E-state index contributed by atoms with van der Waals surface area (Å²) >= 11 is 0. The minimum absolute atomic E-state index is 0.0136. The zero-order valence-corrected chi connectivity index (χ0v) is 18.9. The molecule has 0 unspecified atom stereocenters. The Morgan fingerprint density at radius 2 is 2.03 bits per heavy atom. The Balaban J connectivity index is 1.10. The van der Waals surface area contributed by atoms with E-state index in [2.05, 4.69) is 35.9 Å². The third-order valence-electron chi connectivity index (χ3n) is 6.26. The number of nitrogens with one attached hydrogen (secondary N) is 1. The molecule has 6 rings (SSSR count). The van der Waals surface area contributed by atoms with E-state index in [1.165, 1.54) is 0 Å². The van der Waals surface area contributed by atoms with Gasteiger partial charge in [-0.05, 0) is 30.2 Å². The van der Waals surface area contributed by atoms with E-state index < -0.39 is 5.92 Å². The van der Waals surface area contributed by atoms with Crippen molar-refractivity contribution in [1.29, 1.82) is 0 Å². The summed E-state index contributed by atoms with van der Waals surface area (Å²) in [5.74, 6) is -2.41. The first-order chi connectivity index (χ1) is 17.0. The Morgan fingerprint density at radius 1 is 1.11 bits per heavy atom. The van der Waals surface area contributed by atoms with Crippen molar-refractivity contribution in [3.8, 4) is 11.3 Å². The van der Waals surface area contributed by atoms with Crippen molar-refractivity contribution in [2.24, 2.45) is 16.3 Å². The molecule has 0 atom stereocenters. The Hall–Kier alpha value is -3.80. The molecule has 1 aliphatic heterocycles. The standard InChI is InChI=1S/C23H24F2N10/c24-23(25)6-17(7-23)9-26-8-16-1-2-22-29-19(13-33(22)12-16)14-34-15-21(30-32-34)18-5-20(11-27-10-18)35-4-3-28-31-35/h1-2,5,10-13,15,17,26H,3-4,6-9,14H2. The fraction of sp³-hybridized carbons (Fsp3) is 0.391. The number of imidazole rings is 1. The third kappa shape index (κ3) is 4.74. The SMILES string of the molecule is FC1(F)CC(CNCc2ccc3nc(Cn4cc(-c5cncc(N6CCN=N6)c5)nn4)cn3c2)C1. The third-order valence-corrected chi connectivity index (χ3v) is 6.26. The molecule has 0 bridgehead atoms. The maximum absolute atomic E-state index is 13.0. The fourth-order valence-electron chi connectivity index (χ4n) is 4.49. The molecule has 4 aromatic rings. The predicted molar refractivity (Wildman–Crippen MR) is 124 cm³/mol. The number of alkyl halides is 2.